The molecule has 0 aliphatic heterocycles. The molecule has 2 aromatic rings. The summed E-state index contributed by atoms with van der Waals surface area (Å²) in [5.41, 5.74) is 10.1. The van der Waals surface area contributed by atoms with Crippen molar-refractivity contribution in [1.29, 1.82) is 0 Å². The van der Waals surface area contributed by atoms with E-state index in [4.69, 9.17) is 10.7 Å². The van der Waals surface area contributed by atoms with Gasteiger partial charge < -0.3 is 10.3 Å². The van der Waals surface area contributed by atoms with E-state index in [1.54, 1.807) is 0 Å². The van der Waals surface area contributed by atoms with Crippen LogP contribution in [0.3, 0.4) is 0 Å². The summed E-state index contributed by atoms with van der Waals surface area (Å²) >= 11 is 0. The van der Waals surface area contributed by atoms with Gasteiger partial charge in [0, 0.05) is 18.7 Å². The van der Waals surface area contributed by atoms with E-state index in [2.05, 4.69) is 23.4 Å². The molecule has 0 amide bonds. The number of anilines is 1. The average molecular weight is 395 g/mol. The quantitative estimate of drug-likeness (QED) is 0.582. The molecule has 2 heterocycles. The molecule has 7 heteroatoms. The van der Waals surface area contributed by atoms with Crippen LogP contribution in [0.5, 0.6) is 0 Å². The topological polar surface area (TPSA) is 90.9 Å². The first kappa shape index (κ1) is 21.7. The van der Waals surface area contributed by atoms with Gasteiger partial charge in [-0.15, -0.1) is 0 Å². The predicted molar refractivity (Wildman–Crippen MR) is 113 cm³/mol. The number of nitrogen functional groups attached to an aromatic ring is 1. The van der Waals surface area contributed by atoms with Crippen LogP contribution in [0.4, 0.5) is 5.82 Å². The molecule has 0 saturated carbocycles. The van der Waals surface area contributed by atoms with Gasteiger partial charge in [0.1, 0.15) is 21.2 Å². The molecule has 0 bridgehead atoms. The van der Waals surface area contributed by atoms with Crippen molar-refractivity contribution in [2.24, 2.45) is 0 Å². The van der Waals surface area contributed by atoms with Gasteiger partial charge in [-0.05, 0) is 45.1 Å². The summed E-state index contributed by atoms with van der Waals surface area (Å²) in [6.07, 6.45) is 6.16. The number of rotatable bonds is 11. The third-order valence-electron chi connectivity index (χ3n) is 5.09. The van der Waals surface area contributed by atoms with Crippen LogP contribution < -0.4 is 5.73 Å². The maximum Gasteiger partial charge on any atom is 0.151 e. The van der Waals surface area contributed by atoms with Crippen molar-refractivity contribution in [2.75, 3.05) is 17.2 Å². The minimum atomic E-state index is -2.89. The van der Waals surface area contributed by atoms with Crippen LogP contribution in [-0.2, 0) is 22.8 Å². The van der Waals surface area contributed by atoms with Gasteiger partial charge in [0.15, 0.2) is 5.82 Å². The monoisotopic (exact) mass is 394 g/mol. The standard InChI is InChI=1S/C20H34N4O2S/c1-5-7-13-27(25,26)14-10-8-9-12-24-17(11-6-2)23-18-19(24)15(3)16(4)22-20(18)21/h5-14H2,1-4H3,(H2,21,22). The van der Waals surface area contributed by atoms with Crippen LogP contribution in [0, 0.1) is 13.8 Å². The number of hydrogen-bond acceptors (Lipinski definition) is 5. The Morgan fingerprint density at radius 2 is 1.67 bits per heavy atom. The van der Waals surface area contributed by atoms with Crippen LogP contribution in [0.2, 0.25) is 0 Å². The zero-order chi connectivity index (χ0) is 20.0. The second-order valence-corrected chi connectivity index (χ2v) is 9.70. The molecule has 0 unspecified atom stereocenters. The molecule has 0 aliphatic carbocycles. The van der Waals surface area contributed by atoms with Gasteiger partial charge in [-0.3, -0.25) is 0 Å². The molecule has 0 atom stereocenters. The van der Waals surface area contributed by atoms with E-state index >= 15 is 0 Å². The molecule has 152 valence electrons. The first-order valence-corrected chi connectivity index (χ1v) is 11.9. The van der Waals surface area contributed by atoms with Crippen molar-refractivity contribution in [2.45, 2.75) is 79.2 Å². The van der Waals surface area contributed by atoms with E-state index in [0.717, 1.165) is 79.6 Å². The van der Waals surface area contributed by atoms with Crippen molar-refractivity contribution in [3.8, 4) is 0 Å². The van der Waals surface area contributed by atoms with Crippen LogP contribution >= 0.6 is 0 Å². The third kappa shape index (κ3) is 5.43. The van der Waals surface area contributed by atoms with Gasteiger partial charge in [-0.1, -0.05) is 26.7 Å². The van der Waals surface area contributed by atoms with Crippen molar-refractivity contribution in [3.63, 3.8) is 0 Å². The highest BCUT2D eigenvalue weighted by Gasteiger charge is 2.17. The second-order valence-electron chi connectivity index (χ2n) is 7.40. The molecule has 2 rings (SSSR count). The average Bonchev–Trinajstić information content (AvgIpc) is 2.97. The Balaban J connectivity index is 2.08. The van der Waals surface area contributed by atoms with Crippen LogP contribution in [-0.4, -0.2) is 34.5 Å². The Morgan fingerprint density at radius 1 is 0.963 bits per heavy atom. The molecule has 27 heavy (non-hydrogen) atoms. The molecule has 0 aliphatic rings. The number of nitrogens with zero attached hydrogens (tertiary/aromatic N) is 3. The SMILES string of the molecule is CCCCS(=O)(=O)CCCCCn1c(CCC)nc2c(N)nc(C)c(C)c21. The van der Waals surface area contributed by atoms with Gasteiger partial charge >= 0.3 is 0 Å². The number of imidazole rings is 1. The van der Waals surface area contributed by atoms with Crippen molar-refractivity contribution < 1.29 is 8.42 Å². The van der Waals surface area contributed by atoms with E-state index in [9.17, 15) is 8.42 Å². The summed E-state index contributed by atoms with van der Waals surface area (Å²) < 4.78 is 26.2. The summed E-state index contributed by atoms with van der Waals surface area (Å²) in [5.74, 6) is 2.16. The fourth-order valence-electron chi connectivity index (χ4n) is 3.44. The number of aryl methyl sites for hydroxylation is 4. The Bertz CT molecular complexity index is 872. The number of unbranched alkanes of at least 4 members (excludes halogenated alkanes) is 3. The number of aromatic nitrogens is 3. The van der Waals surface area contributed by atoms with Gasteiger partial charge in [-0.2, -0.15) is 0 Å². The first-order valence-electron chi connectivity index (χ1n) is 10.1. The molecule has 0 radical (unpaired) electrons. The lowest BCUT2D eigenvalue weighted by atomic mass is 10.2. The van der Waals surface area contributed by atoms with Crippen LogP contribution in [0.1, 0.15) is 69.5 Å². The predicted octanol–water partition coefficient (Wildman–Crippen LogP) is 3.97. The van der Waals surface area contributed by atoms with Crippen LogP contribution in [0.15, 0.2) is 0 Å². The zero-order valence-corrected chi connectivity index (χ0v) is 18.0. The second kappa shape index (κ2) is 9.53. The smallest absolute Gasteiger partial charge is 0.151 e. The summed E-state index contributed by atoms with van der Waals surface area (Å²) in [6, 6.07) is 0. The number of hydrogen-bond donors (Lipinski definition) is 1. The van der Waals surface area contributed by atoms with Gasteiger partial charge in [0.05, 0.1) is 17.0 Å². The molecule has 0 spiro atoms. The van der Waals surface area contributed by atoms with Gasteiger partial charge in [0.25, 0.3) is 0 Å². The fraction of sp³-hybridized carbons (Fsp3) is 0.700. The lowest BCUT2D eigenvalue weighted by molar-refractivity contribution is 0.570. The van der Waals surface area contributed by atoms with Gasteiger partial charge in [-0.25, -0.2) is 18.4 Å². The Morgan fingerprint density at radius 3 is 2.33 bits per heavy atom. The molecule has 6 nitrogen and oxygen atoms in total. The van der Waals surface area contributed by atoms with Crippen molar-refractivity contribution in [1.82, 2.24) is 14.5 Å². The Hall–Kier alpha value is -1.63. The maximum absolute atomic E-state index is 12.0. The minimum Gasteiger partial charge on any atom is -0.382 e. The molecule has 0 saturated heterocycles. The summed E-state index contributed by atoms with van der Waals surface area (Å²) in [5, 5.41) is 0. The third-order valence-corrected chi connectivity index (χ3v) is 6.92. The molecule has 0 fully saturated rings. The largest absolute Gasteiger partial charge is 0.382 e. The molecular weight excluding hydrogens is 360 g/mol. The number of fused-ring (bicyclic) bond motifs is 1. The molecular formula is C20H34N4O2S. The lowest BCUT2D eigenvalue weighted by Crippen LogP contribution is -2.11. The van der Waals surface area contributed by atoms with E-state index in [1.807, 2.05) is 13.8 Å². The summed E-state index contributed by atoms with van der Waals surface area (Å²) in [4.78, 5) is 9.17. The van der Waals surface area contributed by atoms with E-state index in [1.165, 1.54) is 0 Å². The summed E-state index contributed by atoms with van der Waals surface area (Å²) in [6.45, 7) is 9.04. The maximum atomic E-state index is 12.0. The highest BCUT2D eigenvalue weighted by Crippen LogP contribution is 2.27. The Kier molecular flexibility index (Phi) is 7.65. The lowest BCUT2D eigenvalue weighted by Gasteiger charge is -2.11. The molecule has 0 aromatic carbocycles. The highest BCUT2D eigenvalue weighted by atomic mass is 32.2. The van der Waals surface area contributed by atoms with Gasteiger partial charge in [0.2, 0.25) is 0 Å². The first-order chi connectivity index (χ1) is 12.8. The van der Waals surface area contributed by atoms with Crippen LogP contribution in [0.25, 0.3) is 11.0 Å². The number of nitrogens with two attached hydrogens (primary N) is 1. The van der Waals surface area contributed by atoms with Crippen molar-refractivity contribution >= 4 is 26.7 Å². The minimum absolute atomic E-state index is 0.300. The molecule has 2 aromatic heterocycles. The van der Waals surface area contributed by atoms with Crippen molar-refractivity contribution in [3.05, 3.63) is 17.1 Å². The summed E-state index contributed by atoms with van der Waals surface area (Å²) in [7, 11) is -2.89. The molecule has 2 N–H and O–H groups in total. The van der Waals surface area contributed by atoms with E-state index < -0.39 is 9.84 Å². The zero-order valence-electron chi connectivity index (χ0n) is 17.2. The number of pyridine rings is 1. The number of sulfone groups is 1. The Labute approximate surface area is 163 Å². The van der Waals surface area contributed by atoms with E-state index in [-0.39, 0.29) is 0 Å². The van der Waals surface area contributed by atoms with E-state index in [0.29, 0.717) is 17.3 Å². The normalized spacial score (nSPS) is 12.1. The fourth-order valence-corrected chi connectivity index (χ4v) is 5.01. The highest BCUT2D eigenvalue weighted by molar-refractivity contribution is 7.91.